The number of carbonyl (C=O) groups excluding carboxylic acids is 2. The molecule has 0 saturated carbocycles. The van der Waals surface area contributed by atoms with E-state index in [0.29, 0.717) is 34.1 Å². The van der Waals surface area contributed by atoms with Gasteiger partial charge in [-0.25, -0.2) is 9.78 Å². The SMILES string of the molecule is CC(OC(=O)c1ccccc1-c1nc2ccccc2[nH]1)C(=O)Nc1ccc2c(c1)OCO2. The normalized spacial score (nSPS) is 13.0. The van der Waals surface area contributed by atoms with Crippen molar-refractivity contribution < 1.29 is 23.8 Å². The molecule has 0 aliphatic carbocycles. The molecule has 1 aromatic heterocycles. The van der Waals surface area contributed by atoms with Crippen LogP contribution in [0.1, 0.15) is 17.3 Å². The number of esters is 1. The highest BCUT2D eigenvalue weighted by Crippen LogP contribution is 2.34. The van der Waals surface area contributed by atoms with Crippen molar-refractivity contribution in [1.29, 1.82) is 0 Å². The predicted molar refractivity (Wildman–Crippen MR) is 118 cm³/mol. The number of para-hydroxylation sites is 2. The number of aromatic nitrogens is 2. The molecule has 4 aromatic rings. The van der Waals surface area contributed by atoms with Crippen LogP contribution in [0.4, 0.5) is 5.69 Å². The Balaban J connectivity index is 1.32. The van der Waals surface area contributed by atoms with Gasteiger partial charge in [-0.1, -0.05) is 30.3 Å². The number of benzene rings is 3. The van der Waals surface area contributed by atoms with Crippen LogP contribution in [0.5, 0.6) is 11.5 Å². The zero-order chi connectivity index (χ0) is 22.1. The molecule has 1 aliphatic rings. The monoisotopic (exact) mass is 429 g/mol. The largest absolute Gasteiger partial charge is 0.454 e. The van der Waals surface area contributed by atoms with Gasteiger partial charge in [0, 0.05) is 17.3 Å². The van der Waals surface area contributed by atoms with Gasteiger partial charge in [0.05, 0.1) is 16.6 Å². The van der Waals surface area contributed by atoms with Gasteiger partial charge in [0.15, 0.2) is 17.6 Å². The minimum Gasteiger partial charge on any atom is -0.454 e. The topological polar surface area (TPSA) is 103 Å². The highest BCUT2D eigenvalue weighted by Gasteiger charge is 2.23. The zero-order valence-corrected chi connectivity index (χ0v) is 17.1. The number of aromatic amines is 1. The summed E-state index contributed by atoms with van der Waals surface area (Å²) in [5, 5.41) is 2.72. The first kappa shape index (κ1) is 19.6. The number of carbonyl (C=O) groups is 2. The summed E-state index contributed by atoms with van der Waals surface area (Å²) < 4.78 is 16.0. The predicted octanol–water partition coefficient (Wildman–Crippen LogP) is 4.14. The molecule has 8 nitrogen and oxygen atoms in total. The number of fused-ring (bicyclic) bond motifs is 2. The number of hydrogen-bond acceptors (Lipinski definition) is 6. The van der Waals surface area contributed by atoms with Gasteiger partial charge in [0.1, 0.15) is 5.82 Å². The molecule has 3 aromatic carbocycles. The molecule has 8 heteroatoms. The van der Waals surface area contributed by atoms with Gasteiger partial charge >= 0.3 is 5.97 Å². The molecule has 1 amide bonds. The Kier molecular flexibility index (Phi) is 4.95. The summed E-state index contributed by atoms with van der Waals surface area (Å²) in [5.74, 6) is 0.640. The molecule has 0 fully saturated rings. The van der Waals surface area contributed by atoms with Crippen molar-refractivity contribution in [2.45, 2.75) is 13.0 Å². The van der Waals surface area contributed by atoms with Gasteiger partial charge in [-0.15, -0.1) is 0 Å². The maximum Gasteiger partial charge on any atom is 0.339 e. The quantitative estimate of drug-likeness (QED) is 0.462. The number of H-pyrrole nitrogens is 1. The Hall–Kier alpha value is -4.33. The van der Waals surface area contributed by atoms with Crippen molar-refractivity contribution in [3.8, 4) is 22.9 Å². The van der Waals surface area contributed by atoms with Gasteiger partial charge in [-0.3, -0.25) is 4.79 Å². The van der Waals surface area contributed by atoms with Crippen LogP contribution in [0.2, 0.25) is 0 Å². The third-order valence-corrected chi connectivity index (χ3v) is 5.08. The van der Waals surface area contributed by atoms with E-state index in [0.717, 1.165) is 11.0 Å². The molecular weight excluding hydrogens is 410 g/mol. The summed E-state index contributed by atoms with van der Waals surface area (Å²) >= 11 is 0. The van der Waals surface area contributed by atoms with Gasteiger partial charge in [-0.05, 0) is 37.3 Å². The molecular formula is C24H19N3O5. The summed E-state index contributed by atoms with van der Waals surface area (Å²) in [6.45, 7) is 1.66. The lowest BCUT2D eigenvalue weighted by Crippen LogP contribution is -2.30. The van der Waals surface area contributed by atoms with E-state index >= 15 is 0 Å². The Labute approximate surface area is 183 Å². The molecule has 0 bridgehead atoms. The highest BCUT2D eigenvalue weighted by atomic mass is 16.7. The Morgan fingerprint density at radius 2 is 1.81 bits per heavy atom. The molecule has 2 heterocycles. The van der Waals surface area contributed by atoms with E-state index < -0.39 is 18.0 Å². The summed E-state index contributed by atoms with van der Waals surface area (Å²) in [7, 11) is 0. The number of hydrogen-bond donors (Lipinski definition) is 2. The first-order chi connectivity index (χ1) is 15.6. The Morgan fingerprint density at radius 3 is 2.69 bits per heavy atom. The van der Waals surface area contributed by atoms with E-state index in [1.807, 2.05) is 30.3 Å². The second kappa shape index (κ2) is 8.07. The third-order valence-electron chi connectivity index (χ3n) is 5.08. The van der Waals surface area contributed by atoms with Crippen molar-refractivity contribution in [3.05, 3.63) is 72.3 Å². The van der Waals surface area contributed by atoms with Crippen molar-refractivity contribution in [3.63, 3.8) is 0 Å². The number of anilines is 1. The number of ether oxygens (including phenoxy) is 3. The van der Waals surface area contributed by atoms with Crippen LogP contribution in [-0.2, 0) is 9.53 Å². The van der Waals surface area contributed by atoms with E-state index in [4.69, 9.17) is 14.2 Å². The number of nitrogens with zero attached hydrogens (tertiary/aromatic N) is 1. The van der Waals surface area contributed by atoms with Crippen molar-refractivity contribution in [2.24, 2.45) is 0 Å². The molecule has 1 unspecified atom stereocenters. The lowest BCUT2D eigenvalue weighted by Gasteiger charge is -2.15. The number of rotatable bonds is 5. The summed E-state index contributed by atoms with van der Waals surface area (Å²) in [4.78, 5) is 33.2. The lowest BCUT2D eigenvalue weighted by molar-refractivity contribution is -0.123. The Bertz CT molecular complexity index is 1300. The summed E-state index contributed by atoms with van der Waals surface area (Å²) in [6.07, 6.45) is -1.02. The first-order valence-electron chi connectivity index (χ1n) is 10.0. The number of nitrogens with one attached hydrogen (secondary N) is 2. The molecule has 32 heavy (non-hydrogen) atoms. The third kappa shape index (κ3) is 3.74. The Morgan fingerprint density at radius 1 is 1.03 bits per heavy atom. The molecule has 1 aliphatic heterocycles. The fourth-order valence-corrected chi connectivity index (χ4v) is 3.44. The van der Waals surface area contributed by atoms with E-state index in [1.165, 1.54) is 6.92 Å². The van der Waals surface area contributed by atoms with Crippen molar-refractivity contribution in [1.82, 2.24) is 9.97 Å². The van der Waals surface area contributed by atoms with Gasteiger partial charge < -0.3 is 24.5 Å². The van der Waals surface area contributed by atoms with E-state index in [9.17, 15) is 9.59 Å². The molecule has 1 atom stereocenters. The van der Waals surface area contributed by atoms with Crippen LogP contribution in [0.3, 0.4) is 0 Å². The molecule has 5 rings (SSSR count). The van der Waals surface area contributed by atoms with Crippen LogP contribution in [0, 0.1) is 0 Å². The van der Waals surface area contributed by atoms with Crippen LogP contribution < -0.4 is 14.8 Å². The molecule has 0 saturated heterocycles. The van der Waals surface area contributed by atoms with E-state index in [2.05, 4.69) is 15.3 Å². The van der Waals surface area contributed by atoms with Crippen LogP contribution >= 0.6 is 0 Å². The van der Waals surface area contributed by atoms with Gasteiger partial charge in [-0.2, -0.15) is 0 Å². The van der Waals surface area contributed by atoms with Crippen molar-refractivity contribution >= 4 is 28.6 Å². The number of imidazole rings is 1. The maximum atomic E-state index is 12.9. The van der Waals surface area contributed by atoms with Gasteiger partial charge in [0.2, 0.25) is 6.79 Å². The van der Waals surface area contributed by atoms with E-state index in [1.54, 1.807) is 36.4 Å². The van der Waals surface area contributed by atoms with Crippen molar-refractivity contribution in [2.75, 3.05) is 12.1 Å². The molecule has 2 N–H and O–H groups in total. The van der Waals surface area contributed by atoms with Crippen LogP contribution in [-0.4, -0.2) is 34.7 Å². The van der Waals surface area contributed by atoms with E-state index in [-0.39, 0.29) is 6.79 Å². The standard InChI is InChI=1S/C24H19N3O5/c1-14(23(28)25-15-10-11-20-21(12-15)31-13-30-20)32-24(29)17-7-3-2-6-16(17)22-26-18-8-4-5-9-19(18)27-22/h2-12,14H,13H2,1H3,(H,25,28)(H,26,27). The van der Waals surface area contributed by atoms with Crippen LogP contribution in [0.15, 0.2) is 66.7 Å². The summed E-state index contributed by atoms with van der Waals surface area (Å²) in [6, 6.07) is 19.6. The smallest absolute Gasteiger partial charge is 0.339 e. The fraction of sp³-hybridized carbons (Fsp3) is 0.125. The zero-order valence-electron chi connectivity index (χ0n) is 17.1. The second-order valence-corrected chi connectivity index (χ2v) is 7.25. The fourth-order valence-electron chi connectivity index (χ4n) is 3.44. The average Bonchev–Trinajstić information content (AvgIpc) is 3.45. The molecule has 0 radical (unpaired) electrons. The summed E-state index contributed by atoms with van der Waals surface area (Å²) in [5.41, 5.74) is 3.08. The second-order valence-electron chi connectivity index (χ2n) is 7.25. The first-order valence-corrected chi connectivity index (χ1v) is 10.0. The van der Waals surface area contributed by atoms with Crippen LogP contribution in [0.25, 0.3) is 22.4 Å². The minimum absolute atomic E-state index is 0.144. The average molecular weight is 429 g/mol. The number of amides is 1. The van der Waals surface area contributed by atoms with Gasteiger partial charge in [0.25, 0.3) is 5.91 Å². The molecule has 160 valence electrons. The highest BCUT2D eigenvalue weighted by molar-refractivity contribution is 6.00. The minimum atomic E-state index is -1.02. The lowest BCUT2D eigenvalue weighted by atomic mass is 10.1. The maximum absolute atomic E-state index is 12.9. The molecule has 0 spiro atoms.